The topological polar surface area (TPSA) is 148 Å². The van der Waals surface area contributed by atoms with Crippen LogP contribution in [0.2, 0.25) is 0 Å². The molecule has 0 aromatic heterocycles. The van der Waals surface area contributed by atoms with Crippen LogP contribution < -0.4 is 16.4 Å². The second-order valence-corrected chi connectivity index (χ2v) is 4.20. The molecule has 0 aliphatic rings. The summed E-state index contributed by atoms with van der Waals surface area (Å²) in [5.74, 6) is -3.44. The van der Waals surface area contributed by atoms with Crippen molar-refractivity contribution in [2.45, 2.75) is 38.4 Å². The predicted molar refractivity (Wildman–Crippen MR) is 67.5 cm³/mol. The average molecular weight is 289 g/mol. The summed E-state index contributed by atoms with van der Waals surface area (Å²) in [6, 6.07) is -3.17. The monoisotopic (exact) mass is 289 g/mol. The van der Waals surface area contributed by atoms with Gasteiger partial charge in [-0.25, -0.2) is 4.79 Å². The lowest BCUT2D eigenvalue weighted by Gasteiger charge is -2.20. The minimum Gasteiger partial charge on any atom is -0.481 e. The number of carboxylic acid groups (broad SMARTS) is 1. The average Bonchev–Trinajstić information content (AvgIpc) is 2.35. The number of nitrogens with one attached hydrogen (secondary N) is 2. The molecule has 9 nitrogen and oxygen atoms in total. The fourth-order valence-corrected chi connectivity index (χ4v) is 1.24. The van der Waals surface area contributed by atoms with Crippen LogP contribution in [0.15, 0.2) is 0 Å². The molecule has 0 bridgehead atoms. The molecule has 0 heterocycles. The molecular formula is C11H19N3O6. The number of carbonyl (C=O) groups is 4. The highest BCUT2D eigenvalue weighted by atomic mass is 16.5. The molecule has 5 N–H and O–H groups in total. The van der Waals surface area contributed by atoms with Crippen LogP contribution in [-0.2, 0) is 23.9 Å². The van der Waals surface area contributed by atoms with Crippen LogP contribution >= 0.6 is 0 Å². The number of methoxy groups -OCH3 is 1. The van der Waals surface area contributed by atoms with E-state index in [0.29, 0.717) is 0 Å². The van der Waals surface area contributed by atoms with Crippen molar-refractivity contribution in [2.75, 3.05) is 7.11 Å². The van der Waals surface area contributed by atoms with Crippen molar-refractivity contribution in [1.82, 2.24) is 10.6 Å². The van der Waals surface area contributed by atoms with E-state index in [4.69, 9.17) is 10.8 Å². The number of rotatable bonds is 7. The van der Waals surface area contributed by atoms with Crippen molar-refractivity contribution in [3.05, 3.63) is 0 Å². The van der Waals surface area contributed by atoms with E-state index < -0.39 is 48.3 Å². The Bertz CT molecular complexity index is 396. The Hall–Kier alpha value is -2.16. The third-order valence-electron chi connectivity index (χ3n) is 2.34. The van der Waals surface area contributed by atoms with E-state index in [2.05, 4.69) is 15.4 Å². The number of aliphatic carboxylic acids is 1. The molecule has 2 amide bonds. The third-order valence-corrected chi connectivity index (χ3v) is 2.34. The first kappa shape index (κ1) is 17.8. The molecule has 20 heavy (non-hydrogen) atoms. The Labute approximate surface area is 115 Å². The van der Waals surface area contributed by atoms with Gasteiger partial charge in [0.15, 0.2) is 0 Å². The summed E-state index contributed by atoms with van der Waals surface area (Å²) in [7, 11) is 1.15. The van der Waals surface area contributed by atoms with Gasteiger partial charge in [0, 0.05) is 0 Å². The Balaban J connectivity index is 4.76. The molecule has 0 aliphatic carbocycles. The molecule has 3 atom stereocenters. The Morgan fingerprint density at radius 1 is 1.15 bits per heavy atom. The number of esters is 1. The molecule has 0 spiro atoms. The van der Waals surface area contributed by atoms with E-state index in [1.165, 1.54) is 13.8 Å². The van der Waals surface area contributed by atoms with Crippen LogP contribution in [0.5, 0.6) is 0 Å². The summed E-state index contributed by atoms with van der Waals surface area (Å²) < 4.78 is 4.42. The van der Waals surface area contributed by atoms with Gasteiger partial charge in [-0.1, -0.05) is 0 Å². The molecule has 0 saturated carbocycles. The molecule has 0 rings (SSSR count). The van der Waals surface area contributed by atoms with Gasteiger partial charge in [0.2, 0.25) is 11.8 Å². The van der Waals surface area contributed by atoms with Gasteiger partial charge in [-0.2, -0.15) is 0 Å². The summed E-state index contributed by atoms with van der Waals surface area (Å²) in [5, 5.41) is 13.2. The standard InChI is InChI=1S/C11H19N3O6/c1-5(12)9(17)14-7(4-8(15)16)10(18)13-6(2)11(19)20-3/h5-7H,4,12H2,1-3H3,(H,13,18)(H,14,17)(H,15,16)/t5-,6+,7-/m0/s1. The fraction of sp³-hybridized carbons (Fsp3) is 0.636. The normalized spacial score (nSPS) is 14.6. The first-order valence-electron chi connectivity index (χ1n) is 5.85. The van der Waals surface area contributed by atoms with Gasteiger partial charge in [-0.15, -0.1) is 0 Å². The lowest BCUT2D eigenvalue weighted by atomic mass is 10.1. The molecule has 0 unspecified atom stereocenters. The highest BCUT2D eigenvalue weighted by Gasteiger charge is 2.27. The molecule has 0 aromatic rings. The minimum atomic E-state index is -1.32. The Morgan fingerprint density at radius 3 is 2.10 bits per heavy atom. The molecule has 9 heteroatoms. The molecule has 114 valence electrons. The third kappa shape index (κ3) is 6.14. The number of carboxylic acids is 1. The number of nitrogens with two attached hydrogens (primary N) is 1. The minimum absolute atomic E-state index is 0.627. The highest BCUT2D eigenvalue weighted by molar-refractivity contribution is 5.93. The van der Waals surface area contributed by atoms with Crippen molar-refractivity contribution in [2.24, 2.45) is 5.73 Å². The number of hydrogen-bond donors (Lipinski definition) is 4. The number of carbonyl (C=O) groups excluding carboxylic acids is 3. The second kappa shape index (κ2) is 8.10. The number of ether oxygens (including phenoxy) is 1. The van der Waals surface area contributed by atoms with Crippen LogP contribution in [0.25, 0.3) is 0 Å². The zero-order chi connectivity index (χ0) is 15.9. The quantitative estimate of drug-likeness (QED) is 0.395. The lowest BCUT2D eigenvalue weighted by Crippen LogP contribution is -2.54. The van der Waals surface area contributed by atoms with E-state index in [1.54, 1.807) is 0 Å². The Kier molecular flexibility index (Phi) is 7.22. The smallest absolute Gasteiger partial charge is 0.328 e. The van der Waals surface area contributed by atoms with Crippen molar-refractivity contribution < 1.29 is 29.0 Å². The van der Waals surface area contributed by atoms with Crippen molar-refractivity contribution in [3.63, 3.8) is 0 Å². The first-order valence-corrected chi connectivity index (χ1v) is 5.85. The van der Waals surface area contributed by atoms with E-state index in [-0.39, 0.29) is 0 Å². The number of hydrogen-bond acceptors (Lipinski definition) is 6. The molecule has 0 saturated heterocycles. The van der Waals surface area contributed by atoms with Crippen LogP contribution in [-0.4, -0.2) is 54.1 Å². The summed E-state index contributed by atoms with van der Waals surface area (Å²) >= 11 is 0. The molecule has 0 aromatic carbocycles. The molecule has 0 radical (unpaired) electrons. The van der Waals surface area contributed by atoms with Crippen LogP contribution in [0.3, 0.4) is 0 Å². The van der Waals surface area contributed by atoms with Crippen molar-refractivity contribution in [1.29, 1.82) is 0 Å². The summed E-state index contributed by atoms with van der Waals surface area (Å²) in [6.45, 7) is 2.76. The maximum absolute atomic E-state index is 11.8. The van der Waals surface area contributed by atoms with Gasteiger partial charge in [-0.3, -0.25) is 14.4 Å². The zero-order valence-electron chi connectivity index (χ0n) is 11.5. The molecule has 0 aliphatic heterocycles. The second-order valence-electron chi connectivity index (χ2n) is 4.20. The molecular weight excluding hydrogens is 270 g/mol. The largest absolute Gasteiger partial charge is 0.481 e. The van der Waals surface area contributed by atoms with Crippen molar-refractivity contribution in [3.8, 4) is 0 Å². The van der Waals surface area contributed by atoms with Crippen LogP contribution in [0.4, 0.5) is 0 Å². The van der Waals surface area contributed by atoms with Gasteiger partial charge in [0.05, 0.1) is 19.6 Å². The lowest BCUT2D eigenvalue weighted by molar-refractivity contribution is -0.145. The van der Waals surface area contributed by atoms with Crippen LogP contribution in [0.1, 0.15) is 20.3 Å². The summed E-state index contributed by atoms with van der Waals surface area (Å²) in [4.78, 5) is 45.1. The van der Waals surface area contributed by atoms with Gasteiger partial charge in [0.1, 0.15) is 12.1 Å². The zero-order valence-corrected chi connectivity index (χ0v) is 11.5. The maximum Gasteiger partial charge on any atom is 0.328 e. The fourth-order valence-electron chi connectivity index (χ4n) is 1.24. The van der Waals surface area contributed by atoms with Gasteiger partial charge in [-0.05, 0) is 13.8 Å². The summed E-state index contributed by atoms with van der Waals surface area (Å²) in [5.41, 5.74) is 5.32. The van der Waals surface area contributed by atoms with E-state index in [0.717, 1.165) is 7.11 Å². The van der Waals surface area contributed by atoms with Crippen molar-refractivity contribution >= 4 is 23.8 Å². The number of amides is 2. The Morgan fingerprint density at radius 2 is 1.70 bits per heavy atom. The van der Waals surface area contributed by atoms with E-state index >= 15 is 0 Å². The maximum atomic E-state index is 11.8. The van der Waals surface area contributed by atoms with Gasteiger partial charge < -0.3 is 26.2 Å². The highest BCUT2D eigenvalue weighted by Crippen LogP contribution is 1.96. The van der Waals surface area contributed by atoms with E-state index in [1.807, 2.05) is 0 Å². The molecule has 0 fully saturated rings. The SMILES string of the molecule is COC(=O)[C@@H](C)NC(=O)[C@H](CC(=O)O)NC(=O)[C@H](C)N. The van der Waals surface area contributed by atoms with Gasteiger partial charge >= 0.3 is 11.9 Å². The van der Waals surface area contributed by atoms with Gasteiger partial charge in [0.25, 0.3) is 0 Å². The predicted octanol–water partition coefficient (Wildman–Crippen LogP) is -2.03. The van der Waals surface area contributed by atoms with Crippen LogP contribution in [0, 0.1) is 0 Å². The van der Waals surface area contributed by atoms with E-state index in [9.17, 15) is 19.2 Å². The first-order chi connectivity index (χ1) is 9.18. The summed E-state index contributed by atoms with van der Waals surface area (Å²) in [6.07, 6.45) is -0.627.